The summed E-state index contributed by atoms with van der Waals surface area (Å²) in [7, 11) is -4.15. The van der Waals surface area contributed by atoms with Gasteiger partial charge in [-0.25, -0.2) is 8.42 Å². The molecule has 0 aliphatic heterocycles. The minimum atomic E-state index is -4.15. The standard InChI is InChI=1S/C32H39Cl2N3O4S/c1-7-24(6)35-32(39)30(8-2)36(19-25-11-14-28(33)29(34)18-25)31(38)20-37(26-16-22(4)15-23(5)17-26)42(40,41)27-12-9-21(3)10-13-27/h9-18,24,30H,7-8,19-20H2,1-6H3,(H,35,39)/t24-,30-/m0/s1. The lowest BCUT2D eigenvalue weighted by Gasteiger charge is -2.34. The largest absolute Gasteiger partial charge is 0.352 e. The molecule has 0 aliphatic rings. The number of hydrogen-bond donors (Lipinski definition) is 1. The second kappa shape index (κ2) is 14.4. The Morgan fingerprint density at radius 1 is 0.833 bits per heavy atom. The van der Waals surface area contributed by atoms with Gasteiger partial charge in [0.05, 0.1) is 20.6 Å². The molecule has 2 amide bonds. The molecule has 226 valence electrons. The number of nitrogens with one attached hydrogen (secondary N) is 1. The van der Waals surface area contributed by atoms with Crippen molar-refractivity contribution in [3.63, 3.8) is 0 Å². The van der Waals surface area contributed by atoms with Crippen LogP contribution in [0.15, 0.2) is 65.6 Å². The molecule has 0 saturated carbocycles. The van der Waals surface area contributed by atoms with Crippen LogP contribution in [0.1, 0.15) is 55.9 Å². The van der Waals surface area contributed by atoms with Gasteiger partial charge in [0, 0.05) is 12.6 Å². The van der Waals surface area contributed by atoms with E-state index in [4.69, 9.17) is 23.2 Å². The Labute approximate surface area is 259 Å². The van der Waals surface area contributed by atoms with Gasteiger partial charge in [0.15, 0.2) is 0 Å². The average molecular weight is 633 g/mol. The fourth-order valence-corrected chi connectivity index (χ4v) is 6.37. The maximum absolute atomic E-state index is 14.2. The summed E-state index contributed by atoms with van der Waals surface area (Å²) in [5.41, 5.74) is 3.65. The van der Waals surface area contributed by atoms with Crippen LogP contribution in [0.5, 0.6) is 0 Å². The van der Waals surface area contributed by atoms with E-state index in [1.54, 1.807) is 42.5 Å². The number of hydrogen-bond acceptors (Lipinski definition) is 4. The number of aryl methyl sites for hydroxylation is 3. The van der Waals surface area contributed by atoms with Crippen molar-refractivity contribution in [3.8, 4) is 0 Å². The van der Waals surface area contributed by atoms with Crippen molar-refractivity contribution >= 4 is 50.7 Å². The number of amides is 2. The monoisotopic (exact) mass is 631 g/mol. The molecule has 3 aromatic rings. The molecule has 1 N–H and O–H groups in total. The summed E-state index contributed by atoms with van der Waals surface area (Å²) >= 11 is 12.4. The lowest BCUT2D eigenvalue weighted by atomic mass is 10.1. The minimum absolute atomic E-state index is 0.0351. The summed E-state index contributed by atoms with van der Waals surface area (Å²) < 4.78 is 29.3. The summed E-state index contributed by atoms with van der Waals surface area (Å²) in [5.74, 6) is -0.832. The molecular weight excluding hydrogens is 593 g/mol. The Bertz CT molecular complexity index is 1510. The third-order valence-electron chi connectivity index (χ3n) is 7.11. The van der Waals surface area contributed by atoms with Crippen LogP contribution >= 0.6 is 23.2 Å². The van der Waals surface area contributed by atoms with E-state index in [0.717, 1.165) is 27.4 Å². The van der Waals surface area contributed by atoms with Crippen molar-refractivity contribution in [2.75, 3.05) is 10.8 Å². The van der Waals surface area contributed by atoms with Gasteiger partial charge < -0.3 is 10.2 Å². The first-order chi connectivity index (χ1) is 19.8. The Hall–Kier alpha value is -3.07. The van der Waals surface area contributed by atoms with Gasteiger partial charge in [0.1, 0.15) is 12.6 Å². The quantitative estimate of drug-likeness (QED) is 0.237. The normalized spacial score (nSPS) is 12.9. The highest BCUT2D eigenvalue weighted by Crippen LogP contribution is 2.28. The third-order valence-corrected chi connectivity index (χ3v) is 9.63. The molecule has 0 saturated heterocycles. The van der Waals surface area contributed by atoms with E-state index in [0.29, 0.717) is 27.7 Å². The number of nitrogens with zero attached hydrogens (tertiary/aromatic N) is 2. The van der Waals surface area contributed by atoms with Crippen molar-refractivity contribution in [1.29, 1.82) is 0 Å². The molecule has 0 heterocycles. The van der Waals surface area contributed by atoms with Crippen molar-refractivity contribution in [3.05, 3.63) is 93.0 Å². The minimum Gasteiger partial charge on any atom is -0.352 e. The number of rotatable bonds is 12. The van der Waals surface area contributed by atoms with E-state index in [1.165, 1.54) is 17.0 Å². The van der Waals surface area contributed by atoms with Crippen LogP contribution in [0.3, 0.4) is 0 Å². The van der Waals surface area contributed by atoms with Crippen molar-refractivity contribution in [1.82, 2.24) is 10.2 Å². The van der Waals surface area contributed by atoms with Gasteiger partial charge in [0.2, 0.25) is 11.8 Å². The van der Waals surface area contributed by atoms with Crippen molar-refractivity contribution < 1.29 is 18.0 Å². The molecule has 7 nitrogen and oxygen atoms in total. The van der Waals surface area contributed by atoms with Crippen molar-refractivity contribution in [2.45, 2.75) is 77.9 Å². The molecule has 0 radical (unpaired) electrons. The van der Waals surface area contributed by atoms with Gasteiger partial charge in [-0.05, 0) is 93.6 Å². The lowest BCUT2D eigenvalue weighted by molar-refractivity contribution is -0.140. The number of halogens is 2. The Morgan fingerprint density at radius 3 is 2.00 bits per heavy atom. The molecule has 0 aliphatic carbocycles. The van der Waals surface area contributed by atoms with Gasteiger partial charge >= 0.3 is 0 Å². The summed E-state index contributed by atoms with van der Waals surface area (Å²) in [4.78, 5) is 29.1. The highest BCUT2D eigenvalue weighted by Gasteiger charge is 2.34. The fourth-order valence-electron chi connectivity index (χ4n) is 4.66. The van der Waals surface area contributed by atoms with Crippen LogP contribution < -0.4 is 9.62 Å². The van der Waals surface area contributed by atoms with E-state index in [2.05, 4.69) is 5.32 Å². The Morgan fingerprint density at radius 2 is 1.45 bits per heavy atom. The second-order valence-electron chi connectivity index (χ2n) is 10.7. The number of anilines is 1. The smallest absolute Gasteiger partial charge is 0.264 e. The number of sulfonamides is 1. The molecule has 0 bridgehead atoms. The summed E-state index contributed by atoms with van der Waals surface area (Å²) in [6, 6.07) is 16.0. The molecule has 3 aromatic carbocycles. The van der Waals surface area contributed by atoms with Gasteiger partial charge in [-0.1, -0.05) is 66.9 Å². The predicted octanol–water partition coefficient (Wildman–Crippen LogP) is 6.84. The van der Waals surface area contributed by atoms with E-state index in [9.17, 15) is 18.0 Å². The SMILES string of the molecule is CC[C@H](C)NC(=O)[C@H](CC)N(Cc1ccc(Cl)c(Cl)c1)C(=O)CN(c1cc(C)cc(C)c1)S(=O)(=O)c1ccc(C)cc1. The zero-order chi connectivity index (χ0) is 31.2. The zero-order valence-electron chi connectivity index (χ0n) is 24.9. The fraction of sp³-hybridized carbons (Fsp3) is 0.375. The average Bonchev–Trinajstić information content (AvgIpc) is 2.92. The molecule has 2 atom stereocenters. The van der Waals surface area contributed by atoms with Gasteiger partial charge in [-0.2, -0.15) is 0 Å². The Kier molecular flexibility index (Phi) is 11.5. The Balaban J connectivity index is 2.11. The first-order valence-electron chi connectivity index (χ1n) is 14.0. The first-order valence-corrected chi connectivity index (χ1v) is 16.2. The highest BCUT2D eigenvalue weighted by atomic mass is 35.5. The van der Waals surface area contributed by atoms with E-state index < -0.39 is 28.5 Å². The highest BCUT2D eigenvalue weighted by molar-refractivity contribution is 7.92. The lowest BCUT2D eigenvalue weighted by Crippen LogP contribution is -2.53. The van der Waals surface area contributed by atoms with Crippen LogP contribution in [0.4, 0.5) is 5.69 Å². The number of carbonyl (C=O) groups excluding carboxylic acids is 2. The molecule has 10 heteroatoms. The van der Waals surface area contributed by atoms with E-state index >= 15 is 0 Å². The second-order valence-corrected chi connectivity index (χ2v) is 13.4. The predicted molar refractivity (Wildman–Crippen MR) is 171 cm³/mol. The molecule has 3 rings (SSSR count). The van der Waals surface area contributed by atoms with Gasteiger partial charge in [-0.3, -0.25) is 13.9 Å². The number of benzene rings is 3. The summed E-state index contributed by atoms with van der Waals surface area (Å²) in [5, 5.41) is 3.65. The molecular formula is C32H39Cl2N3O4S. The molecule has 0 fully saturated rings. The molecule has 0 aromatic heterocycles. The van der Waals surface area contributed by atoms with Gasteiger partial charge in [-0.15, -0.1) is 0 Å². The van der Waals surface area contributed by atoms with Crippen molar-refractivity contribution in [2.24, 2.45) is 0 Å². The molecule has 0 spiro atoms. The molecule has 42 heavy (non-hydrogen) atoms. The maximum atomic E-state index is 14.2. The third kappa shape index (κ3) is 8.27. The van der Waals surface area contributed by atoms with Gasteiger partial charge in [0.25, 0.3) is 10.0 Å². The van der Waals surface area contributed by atoms with Crippen LogP contribution in [0.25, 0.3) is 0 Å². The summed E-state index contributed by atoms with van der Waals surface area (Å²) in [6.45, 7) is 10.8. The number of carbonyl (C=O) groups is 2. The maximum Gasteiger partial charge on any atom is 0.264 e. The zero-order valence-corrected chi connectivity index (χ0v) is 27.3. The van der Waals surface area contributed by atoms with Crippen LogP contribution in [0, 0.1) is 20.8 Å². The first kappa shape index (κ1) is 33.4. The topological polar surface area (TPSA) is 86.8 Å². The van der Waals surface area contributed by atoms with Crippen LogP contribution in [-0.4, -0.2) is 43.8 Å². The summed E-state index contributed by atoms with van der Waals surface area (Å²) in [6.07, 6.45) is 1.04. The van der Waals surface area contributed by atoms with Crippen LogP contribution in [-0.2, 0) is 26.2 Å². The molecule has 0 unspecified atom stereocenters. The van der Waals surface area contributed by atoms with E-state index in [-0.39, 0.29) is 23.4 Å². The van der Waals surface area contributed by atoms with E-state index in [1.807, 2.05) is 47.6 Å². The van der Waals surface area contributed by atoms with Crippen LogP contribution in [0.2, 0.25) is 10.0 Å².